The van der Waals surface area contributed by atoms with E-state index >= 15 is 0 Å². The molecule has 8 heterocycles. The van der Waals surface area contributed by atoms with Gasteiger partial charge in [-0.15, -0.1) is 22.7 Å². The van der Waals surface area contributed by atoms with Gasteiger partial charge in [-0.1, -0.05) is 78.3 Å². The molecule has 0 unspecified atom stereocenters. The quantitative estimate of drug-likeness (QED) is 0.0436. The van der Waals surface area contributed by atoms with Gasteiger partial charge in [-0.05, 0) is 70.9 Å². The molecule has 2 aromatic heterocycles. The van der Waals surface area contributed by atoms with Gasteiger partial charge >= 0.3 is 35.9 Å². The number of amides is 4. The number of ether oxygens (including phenoxy) is 2. The number of thiazole rings is 2. The molecule has 476 valence electrons. The topological polar surface area (TPSA) is 252 Å². The Morgan fingerprint density at radius 1 is 0.693 bits per heavy atom. The van der Waals surface area contributed by atoms with Crippen molar-refractivity contribution in [2.24, 2.45) is 9.98 Å². The number of nitrogens with one attached hydrogen (secondary N) is 2. The lowest BCUT2D eigenvalue weighted by Gasteiger charge is -2.38. The summed E-state index contributed by atoms with van der Waals surface area (Å²) in [5.41, 5.74) is 1.43. The van der Waals surface area contributed by atoms with E-state index in [0.29, 0.717) is 101 Å². The average Bonchev–Trinajstić information content (AvgIpc) is 1.69. The third-order valence-corrected chi connectivity index (χ3v) is 19.2. The molecule has 2 aliphatic carbocycles. The molecule has 4 N–H and O–H groups in total. The Morgan fingerprint density at radius 3 is 1.59 bits per heavy atom. The van der Waals surface area contributed by atoms with Gasteiger partial charge in [-0.2, -0.15) is 0 Å². The maximum Gasteiger partial charge on any atom is 0.338 e. The second-order valence-corrected chi connectivity index (χ2v) is 24.7. The van der Waals surface area contributed by atoms with Crippen LogP contribution in [0, 0.1) is 19.1 Å². The zero-order valence-electron chi connectivity index (χ0n) is 47.4. The van der Waals surface area contributed by atoms with E-state index in [1.54, 1.807) is 43.3 Å². The lowest BCUT2D eigenvalue weighted by atomic mass is 9.95. The van der Waals surface area contributed by atoms with Crippen molar-refractivity contribution in [2.45, 2.75) is 122 Å². The SMILES string of the molecule is C.C.CCOC(=O)C1=C(CBr)NC(c2nccs2)=N[C@H]1c1cccc(F)c1Cl.CCOC(=O)C1=C(CN2CCN3C(=O)N(C4(CC(=O)O)CC4)C[C@@H]3C2)NC(c2nccs2)=N[C@H]1c1cccc(F)c1Cl.O=C(O)CC1(N2C[C@@H]3CCCCN3C2=O)CC1.[CH3-]. The highest BCUT2D eigenvalue weighted by atomic mass is 79.9. The maximum absolute atomic E-state index is 14.6. The number of hydrogen-bond acceptors (Lipinski definition) is 17. The number of aromatic nitrogens is 2. The van der Waals surface area contributed by atoms with E-state index in [4.69, 9.17) is 42.8 Å². The number of piperidine rings is 1. The van der Waals surface area contributed by atoms with Crippen molar-refractivity contribution >= 4 is 109 Å². The van der Waals surface area contributed by atoms with E-state index in [2.05, 4.69) is 46.4 Å². The molecule has 21 nitrogen and oxygen atoms in total. The first-order chi connectivity index (χ1) is 40.9. The fourth-order valence-electron chi connectivity index (χ4n) is 11.9. The van der Waals surface area contributed by atoms with Crippen LogP contribution >= 0.6 is 61.8 Å². The number of urea groups is 2. The molecule has 0 spiro atoms. The zero-order chi connectivity index (χ0) is 60.3. The van der Waals surface area contributed by atoms with E-state index in [1.165, 1.54) is 53.4 Å². The monoisotopic (exact) mass is 1360 g/mol. The van der Waals surface area contributed by atoms with Crippen molar-refractivity contribution < 1.29 is 57.2 Å². The number of amidine groups is 2. The van der Waals surface area contributed by atoms with Gasteiger partial charge in [0.25, 0.3) is 0 Å². The number of benzene rings is 2. The minimum absolute atomic E-state index is 0. The number of halogens is 5. The largest absolute Gasteiger partial charge is 0.481 e. The van der Waals surface area contributed by atoms with Crippen LogP contribution in [-0.2, 0) is 28.7 Å². The van der Waals surface area contributed by atoms with Gasteiger partial charge in [0.1, 0.15) is 23.7 Å². The molecule has 2 aromatic carbocycles. The minimum atomic E-state index is -0.932. The predicted octanol–water partition coefficient (Wildman–Crippen LogP) is 10.5. The van der Waals surface area contributed by atoms with Crippen LogP contribution in [0.1, 0.15) is 120 Å². The van der Waals surface area contributed by atoms with E-state index in [0.717, 1.165) is 38.8 Å². The van der Waals surface area contributed by atoms with Crippen LogP contribution in [0.25, 0.3) is 0 Å². The van der Waals surface area contributed by atoms with Crippen molar-refractivity contribution in [3.63, 3.8) is 0 Å². The molecule has 0 bridgehead atoms. The molecule has 4 atom stereocenters. The van der Waals surface area contributed by atoms with Crippen molar-refractivity contribution in [3.8, 4) is 0 Å². The van der Waals surface area contributed by atoms with Gasteiger partial charge in [-0.3, -0.25) is 24.5 Å². The number of allylic oxidation sites excluding steroid dienone is 1. The summed E-state index contributed by atoms with van der Waals surface area (Å²) >= 11 is 18.7. The summed E-state index contributed by atoms with van der Waals surface area (Å²) in [6.07, 6.45) is 9.81. The van der Waals surface area contributed by atoms with Crippen LogP contribution in [0.3, 0.4) is 0 Å². The number of piperazine rings is 1. The highest BCUT2D eigenvalue weighted by Gasteiger charge is 2.58. The number of aliphatic imine (C=N–C) groups is 2. The van der Waals surface area contributed by atoms with E-state index in [9.17, 15) is 42.7 Å². The molecule has 6 aliphatic heterocycles. The smallest absolute Gasteiger partial charge is 0.338 e. The maximum atomic E-state index is 14.6. The Hall–Kier alpha value is -6.58. The summed E-state index contributed by atoms with van der Waals surface area (Å²) in [5.74, 6) is -3.07. The van der Waals surface area contributed by atoms with Gasteiger partial charge in [0, 0.05) is 96.8 Å². The van der Waals surface area contributed by atoms with Crippen molar-refractivity contribution in [1.29, 1.82) is 0 Å². The first-order valence-corrected chi connectivity index (χ1v) is 31.6. The predicted molar refractivity (Wildman–Crippen MR) is 337 cm³/mol. The number of carbonyl (C=O) groups excluding carboxylic acids is 4. The molecule has 88 heavy (non-hydrogen) atoms. The normalized spacial score (nSPS) is 22.0. The summed E-state index contributed by atoms with van der Waals surface area (Å²) in [4.78, 5) is 101. The number of carboxylic acid groups (broad SMARTS) is 2. The van der Waals surface area contributed by atoms with Crippen LogP contribution in [0.2, 0.25) is 10.0 Å². The molecule has 28 heteroatoms. The van der Waals surface area contributed by atoms with Crippen LogP contribution in [0.15, 0.2) is 92.1 Å². The molecule has 4 amide bonds. The number of rotatable bonds is 17. The van der Waals surface area contributed by atoms with Gasteiger partial charge in [-0.25, -0.2) is 37.9 Å². The summed E-state index contributed by atoms with van der Waals surface area (Å²) in [5, 5.41) is 29.8. The highest BCUT2D eigenvalue weighted by molar-refractivity contribution is 9.09. The Kier molecular flexibility index (Phi) is 23.0. The van der Waals surface area contributed by atoms with Crippen LogP contribution in [0.4, 0.5) is 18.4 Å². The van der Waals surface area contributed by atoms with Gasteiger partial charge < -0.3 is 57.3 Å². The Labute approximate surface area is 537 Å². The third kappa shape index (κ3) is 14.5. The molecule has 8 aliphatic rings. The second-order valence-electron chi connectivity index (χ2n) is 21.6. The van der Waals surface area contributed by atoms with Crippen LogP contribution < -0.4 is 10.6 Å². The number of alkyl halides is 1. The van der Waals surface area contributed by atoms with E-state index in [-0.39, 0.29) is 93.2 Å². The standard InChI is InChI=1S/C28H30ClFN6O5S.C17H14BrClFN3O2S.C12H18N2O3.2CH4.CH3/c1-2-41-26(39)21-19(32-24(25-31-8-11-42-25)33-23(21)17-4-3-5-18(30)22(17)29)15-34-9-10-35-16(13-34)14-36(27(35)40)28(6-7-28)12-20(37)38;1-2-25-17(24)12-11(8-18)22-15(16-21-6-7-26-16)23-14(12)9-4-3-5-10(20)13(9)19;15-10(16)7-12(4-5-12)14-8-9-3-1-2-6-13(9)11(14)17;;;/h3-5,8,11,16,23H,2,6-7,9-10,12-15H2,1H3,(H,32,33)(H,37,38);3-7,14H,2,8H2,1H3,(H,22,23);9H,1-8H2,(H,15,16);2*1H4;1H3/q;;;;;-1/t16-,23-;14-;9-;;;/m000.../s1. The first kappa shape index (κ1) is 68.9. The lowest BCUT2D eigenvalue weighted by Crippen LogP contribution is -2.53. The van der Waals surface area contributed by atoms with Crippen molar-refractivity contribution in [2.75, 3.05) is 64.4 Å². The molecule has 6 fully saturated rings. The summed E-state index contributed by atoms with van der Waals surface area (Å²) in [6.45, 7) is 7.67. The minimum Gasteiger partial charge on any atom is -0.481 e. The van der Waals surface area contributed by atoms with Gasteiger partial charge in [0.15, 0.2) is 21.7 Å². The number of carboxylic acids is 2. The fourth-order valence-corrected chi connectivity index (χ4v) is 14.0. The Bertz CT molecular complexity index is 3370. The number of carbonyl (C=O) groups is 6. The van der Waals surface area contributed by atoms with Gasteiger partial charge in [0.05, 0.1) is 70.4 Å². The number of aliphatic carboxylic acids is 2. The summed E-state index contributed by atoms with van der Waals surface area (Å²) in [7, 11) is 0. The van der Waals surface area contributed by atoms with Crippen LogP contribution in [-0.4, -0.2) is 180 Å². The molecule has 0 radical (unpaired) electrons. The van der Waals surface area contributed by atoms with Gasteiger partial charge in [0.2, 0.25) is 0 Å². The zero-order valence-corrected chi connectivity index (χ0v) is 52.1. The van der Waals surface area contributed by atoms with E-state index in [1.807, 2.05) is 25.5 Å². The molecule has 4 saturated heterocycles. The summed E-state index contributed by atoms with van der Waals surface area (Å²) < 4.78 is 39.2. The fraction of sp³-hybridized carbons (Fsp3) is 0.483. The number of hydrogen-bond donors (Lipinski definition) is 4. The molecular weight excluding hydrogens is 1290 g/mol. The first-order valence-electron chi connectivity index (χ1n) is 28.0. The number of fused-ring (bicyclic) bond motifs is 2. The molecule has 12 rings (SSSR count). The second kappa shape index (κ2) is 29.4. The number of nitrogens with zero attached hydrogens (tertiary/aromatic N) is 9. The highest BCUT2D eigenvalue weighted by Crippen LogP contribution is 2.49. The molecular formula is C60H73BrCl2F2N11O10S2-. The van der Waals surface area contributed by atoms with Crippen molar-refractivity contribution in [1.82, 2.24) is 45.1 Å². The Balaban J connectivity index is 0.000000205. The van der Waals surface area contributed by atoms with E-state index < -0.39 is 53.1 Å². The molecule has 4 aromatic rings. The molecule has 2 saturated carbocycles. The lowest BCUT2D eigenvalue weighted by molar-refractivity contribution is -0.139. The Morgan fingerprint density at radius 2 is 1.16 bits per heavy atom. The van der Waals surface area contributed by atoms with Crippen LogP contribution in [0.5, 0.6) is 0 Å². The third-order valence-electron chi connectivity index (χ3n) is 16.3. The average molecular weight is 1360 g/mol. The number of esters is 2. The van der Waals surface area contributed by atoms with Crippen molar-refractivity contribution in [3.05, 3.63) is 132 Å². The summed E-state index contributed by atoms with van der Waals surface area (Å²) in [6, 6.07) is 7.32.